The predicted octanol–water partition coefficient (Wildman–Crippen LogP) is 4.27. The van der Waals surface area contributed by atoms with Crippen LogP contribution in [0.3, 0.4) is 0 Å². The number of carbonyl (C=O) groups excluding carboxylic acids is 1. The number of benzene rings is 2. The van der Waals surface area contributed by atoms with Crippen LogP contribution in [0.25, 0.3) is 22.0 Å². The van der Waals surface area contributed by atoms with E-state index in [0.29, 0.717) is 16.1 Å². The van der Waals surface area contributed by atoms with Gasteiger partial charge in [-0.1, -0.05) is 54.7 Å². The fourth-order valence-corrected chi connectivity index (χ4v) is 4.00. The van der Waals surface area contributed by atoms with Crippen LogP contribution in [-0.2, 0) is 13.5 Å². The molecule has 0 fully saturated rings. The Morgan fingerprint density at radius 3 is 2.62 bits per heavy atom. The molecular weight excluding hydrogens is 472 g/mol. The molecule has 8 nitrogen and oxygen atoms in total. The zero-order chi connectivity index (χ0) is 24.8. The maximum atomic E-state index is 12.0. The molecule has 176 valence electrons. The number of nitrogen functional groups attached to an aromatic ring is 1. The topological polar surface area (TPSA) is 129 Å². The van der Waals surface area contributed by atoms with E-state index < -0.39 is 5.91 Å². The SMILES string of the molecule is CCc1cc2cccc(Cl)c2c(=O)n1C.CSNc1cccc(-c2cnc(N)c(C(N)=O)n2)c1. The van der Waals surface area contributed by atoms with Gasteiger partial charge in [0, 0.05) is 30.2 Å². The minimum atomic E-state index is -0.690. The Bertz CT molecular complexity index is 1410. The Kier molecular flexibility index (Phi) is 8.14. The number of rotatable bonds is 5. The molecule has 0 aliphatic carbocycles. The number of carbonyl (C=O) groups is 1. The summed E-state index contributed by atoms with van der Waals surface area (Å²) < 4.78 is 4.78. The molecule has 34 heavy (non-hydrogen) atoms. The fraction of sp³-hybridized carbons (Fsp3) is 0.167. The Morgan fingerprint density at radius 1 is 1.21 bits per heavy atom. The second kappa shape index (κ2) is 11.0. The molecule has 0 radical (unpaired) electrons. The van der Waals surface area contributed by atoms with Crippen molar-refractivity contribution in [2.24, 2.45) is 12.8 Å². The van der Waals surface area contributed by atoms with Crippen LogP contribution in [0.4, 0.5) is 11.5 Å². The van der Waals surface area contributed by atoms with Gasteiger partial charge < -0.3 is 20.8 Å². The summed E-state index contributed by atoms with van der Waals surface area (Å²) in [5, 5.41) is 2.05. The first kappa shape index (κ1) is 25.1. The molecule has 1 amide bonds. The number of pyridine rings is 1. The van der Waals surface area contributed by atoms with Crippen molar-refractivity contribution < 1.29 is 4.79 Å². The summed E-state index contributed by atoms with van der Waals surface area (Å²) in [6.07, 6.45) is 4.29. The molecule has 5 N–H and O–H groups in total. The third-order valence-electron chi connectivity index (χ3n) is 5.09. The van der Waals surface area contributed by atoms with E-state index in [1.54, 1.807) is 17.7 Å². The van der Waals surface area contributed by atoms with Crippen molar-refractivity contribution in [3.05, 3.63) is 81.5 Å². The van der Waals surface area contributed by atoms with Crippen LogP contribution in [0.1, 0.15) is 23.1 Å². The number of amides is 1. The maximum Gasteiger partial charge on any atom is 0.271 e. The molecule has 0 unspecified atom stereocenters. The van der Waals surface area contributed by atoms with Crippen LogP contribution >= 0.6 is 23.5 Å². The number of hydrogen-bond acceptors (Lipinski definition) is 7. The number of anilines is 2. The average Bonchev–Trinajstić information content (AvgIpc) is 2.82. The molecule has 4 rings (SSSR count). The van der Waals surface area contributed by atoms with Gasteiger partial charge in [0.15, 0.2) is 11.5 Å². The summed E-state index contributed by atoms with van der Waals surface area (Å²) in [4.78, 5) is 31.3. The van der Waals surface area contributed by atoms with Crippen molar-refractivity contribution in [1.82, 2.24) is 14.5 Å². The van der Waals surface area contributed by atoms with Crippen LogP contribution in [0, 0.1) is 0 Å². The van der Waals surface area contributed by atoms with Crippen molar-refractivity contribution in [3.63, 3.8) is 0 Å². The zero-order valence-corrected chi connectivity index (χ0v) is 20.6. The van der Waals surface area contributed by atoms with Gasteiger partial charge in [-0.25, -0.2) is 9.97 Å². The lowest BCUT2D eigenvalue weighted by molar-refractivity contribution is 0.0996. The molecule has 0 spiro atoms. The molecule has 4 aromatic rings. The first-order valence-electron chi connectivity index (χ1n) is 10.4. The highest BCUT2D eigenvalue weighted by molar-refractivity contribution is 7.99. The third-order valence-corrected chi connectivity index (χ3v) is 5.85. The van der Waals surface area contributed by atoms with Gasteiger partial charge in [0.05, 0.1) is 22.3 Å². The minimum Gasteiger partial charge on any atom is -0.382 e. The molecule has 0 bridgehead atoms. The standard InChI is InChI=1S/C12H12ClNO.C12H13N5OS/c1-3-9-7-8-5-4-6-10(13)11(8)12(15)14(9)2;1-19-17-8-4-2-3-7(5-8)9-6-15-11(13)10(16-9)12(14)18/h4-7H,3H2,1-2H3;2-6,17H,1H3,(H2,13,15)(H2,14,18). The quantitative estimate of drug-likeness (QED) is 0.352. The van der Waals surface area contributed by atoms with Gasteiger partial charge in [0.2, 0.25) is 0 Å². The van der Waals surface area contributed by atoms with Gasteiger partial charge >= 0.3 is 0 Å². The van der Waals surface area contributed by atoms with Crippen molar-refractivity contribution in [2.75, 3.05) is 16.7 Å². The van der Waals surface area contributed by atoms with Crippen molar-refractivity contribution in [1.29, 1.82) is 0 Å². The zero-order valence-electron chi connectivity index (χ0n) is 19.0. The number of primary amides is 1. The Balaban J connectivity index is 0.000000196. The van der Waals surface area contributed by atoms with E-state index >= 15 is 0 Å². The molecular formula is C24H25ClN6O2S. The lowest BCUT2D eigenvalue weighted by atomic mass is 10.1. The van der Waals surface area contributed by atoms with Gasteiger partial charge in [-0.2, -0.15) is 0 Å². The molecule has 2 aromatic carbocycles. The largest absolute Gasteiger partial charge is 0.382 e. The van der Waals surface area contributed by atoms with E-state index in [1.807, 2.05) is 55.6 Å². The number of aromatic nitrogens is 3. The van der Waals surface area contributed by atoms with Crippen LogP contribution in [0.15, 0.2) is 59.5 Å². The number of nitrogens with one attached hydrogen (secondary N) is 1. The van der Waals surface area contributed by atoms with Crippen molar-refractivity contribution in [2.45, 2.75) is 13.3 Å². The molecule has 0 aliphatic rings. The van der Waals surface area contributed by atoms with E-state index in [9.17, 15) is 9.59 Å². The number of hydrogen-bond donors (Lipinski definition) is 3. The van der Waals surface area contributed by atoms with Crippen LogP contribution in [0.2, 0.25) is 5.02 Å². The van der Waals surface area contributed by atoms with Crippen LogP contribution in [-0.4, -0.2) is 26.7 Å². The fourth-order valence-electron chi connectivity index (χ4n) is 3.38. The van der Waals surface area contributed by atoms with E-state index in [0.717, 1.165) is 28.8 Å². The number of nitrogens with two attached hydrogens (primary N) is 2. The highest BCUT2D eigenvalue weighted by Crippen LogP contribution is 2.23. The molecule has 0 atom stereocenters. The first-order chi connectivity index (χ1) is 16.3. The Labute approximate surface area is 206 Å². The molecule has 0 saturated carbocycles. The lowest BCUT2D eigenvalue weighted by Gasteiger charge is -2.08. The smallest absolute Gasteiger partial charge is 0.271 e. The molecule has 0 saturated heterocycles. The van der Waals surface area contributed by atoms with Crippen LogP contribution < -0.4 is 21.7 Å². The number of fused-ring (bicyclic) bond motifs is 1. The number of nitrogens with zero attached hydrogens (tertiary/aromatic N) is 3. The average molecular weight is 497 g/mol. The Morgan fingerprint density at radius 2 is 1.94 bits per heavy atom. The van der Waals surface area contributed by atoms with E-state index in [1.165, 1.54) is 18.1 Å². The maximum absolute atomic E-state index is 12.0. The Hall–Kier alpha value is -3.56. The molecule has 2 heterocycles. The van der Waals surface area contributed by atoms with Crippen LogP contribution in [0.5, 0.6) is 0 Å². The molecule has 2 aromatic heterocycles. The summed E-state index contributed by atoms with van der Waals surface area (Å²) in [6, 6.07) is 15.1. The van der Waals surface area contributed by atoms with Gasteiger partial charge in [0.25, 0.3) is 11.5 Å². The lowest BCUT2D eigenvalue weighted by Crippen LogP contribution is -2.20. The third kappa shape index (κ3) is 5.49. The summed E-state index contributed by atoms with van der Waals surface area (Å²) in [6.45, 7) is 2.03. The van der Waals surface area contributed by atoms with Crippen molar-refractivity contribution >= 4 is 51.7 Å². The summed E-state index contributed by atoms with van der Waals surface area (Å²) in [7, 11) is 1.78. The van der Waals surface area contributed by atoms with Gasteiger partial charge in [-0.15, -0.1) is 0 Å². The summed E-state index contributed by atoms with van der Waals surface area (Å²) >= 11 is 7.51. The van der Waals surface area contributed by atoms with Gasteiger partial charge in [-0.3, -0.25) is 9.59 Å². The van der Waals surface area contributed by atoms with E-state index in [-0.39, 0.29) is 17.1 Å². The normalized spacial score (nSPS) is 10.5. The molecule has 0 aliphatic heterocycles. The first-order valence-corrected chi connectivity index (χ1v) is 12.0. The van der Waals surface area contributed by atoms with E-state index in [2.05, 4.69) is 14.7 Å². The second-order valence-corrected chi connectivity index (χ2v) is 8.32. The highest BCUT2D eigenvalue weighted by atomic mass is 35.5. The van der Waals surface area contributed by atoms with Crippen molar-refractivity contribution in [3.8, 4) is 11.3 Å². The van der Waals surface area contributed by atoms with E-state index in [4.69, 9.17) is 23.1 Å². The highest BCUT2D eigenvalue weighted by Gasteiger charge is 2.11. The second-order valence-electron chi connectivity index (χ2n) is 7.30. The molecule has 10 heteroatoms. The minimum absolute atomic E-state index is 0.0132. The van der Waals surface area contributed by atoms with Gasteiger partial charge in [-0.05, 0) is 36.1 Å². The number of halogens is 1. The number of aryl methyl sites for hydroxylation is 1. The summed E-state index contributed by atoms with van der Waals surface area (Å²) in [5.41, 5.74) is 14.1. The monoisotopic (exact) mass is 496 g/mol. The summed E-state index contributed by atoms with van der Waals surface area (Å²) in [5.74, 6) is -0.653. The predicted molar refractivity (Wildman–Crippen MR) is 141 cm³/mol. The van der Waals surface area contributed by atoms with Gasteiger partial charge in [0.1, 0.15) is 0 Å².